The molecule has 1 aliphatic rings. The molecule has 1 unspecified atom stereocenters. The Kier molecular flexibility index (Phi) is 5.64. The zero-order chi connectivity index (χ0) is 21.9. The molecule has 1 fully saturated rings. The van der Waals surface area contributed by atoms with E-state index in [0.29, 0.717) is 5.88 Å². The maximum atomic E-state index is 13.2. The molecule has 0 spiro atoms. The fraction of sp³-hybridized carbons (Fsp3) is 0.240. The summed E-state index contributed by atoms with van der Waals surface area (Å²) in [5.41, 5.74) is 2.01. The minimum absolute atomic E-state index is 0.202. The van der Waals surface area contributed by atoms with Crippen LogP contribution in [0.3, 0.4) is 0 Å². The zero-order valence-electron chi connectivity index (χ0n) is 17.9. The van der Waals surface area contributed by atoms with Gasteiger partial charge in [0.1, 0.15) is 23.7 Å². The van der Waals surface area contributed by atoms with Gasteiger partial charge < -0.3 is 9.64 Å². The Morgan fingerprint density at radius 2 is 1.72 bits per heavy atom. The Bertz CT molecular complexity index is 1200. The van der Waals surface area contributed by atoms with Crippen molar-refractivity contribution in [2.75, 3.05) is 31.1 Å². The summed E-state index contributed by atoms with van der Waals surface area (Å²) in [4.78, 5) is 17.8. The summed E-state index contributed by atoms with van der Waals surface area (Å²) in [6.45, 7) is 5.65. The van der Waals surface area contributed by atoms with Crippen LogP contribution in [0.5, 0.6) is 11.6 Å². The summed E-state index contributed by atoms with van der Waals surface area (Å²) < 4.78 is 19.3. The third-order valence-electron chi connectivity index (χ3n) is 5.99. The van der Waals surface area contributed by atoms with Gasteiger partial charge in [-0.05, 0) is 48.9 Å². The van der Waals surface area contributed by atoms with Crippen LogP contribution in [-0.2, 0) is 0 Å². The average Bonchev–Trinajstić information content (AvgIpc) is 2.85. The number of anilines is 1. The number of hydrogen-bond donors (Lipinski definition) is 0. The number of rotatable bonds is 5. The smallest absolute Gasteiger partial charge is 0.224 e. The quantitative estimate of drug-likeness (QED) is 0.453. The van der Waals surface area contributed by atoms with Crippen LogP contribution in [0.25, 0.3) is 10.9 Å². The zero-order valence-corrected chi connectivity index (χ0v) is 17.9. The Labute approximate surface area is 186 Å². The van der Waals surface area contributed by atoms with Crippen molar-refractivity contribution in [3.05, 3.63) is 84.6 Å². The number of fused-ring (bicyclic) bond motifs is 1. The van der Waals surface area contributed by atoms with E-state index in [9.17, 15) is 4.39 Å². The van der Waals surface area contributed by atoms with Gasteiger partial charge in [-0.3, -0.25) is 9.88 Å². The summed E-state index contributed by atoms with van der Waals surface area (Å²) >= 11 is 0. The third kappa shape index (κ3) is 4.24. The number of aromatic nitrogens is 3. The second-order valence-electron chi connectivity index (χ2n) is 7.89. The summed E-state index contributed by atoms with van der Waals surface area (Å²) in [5.74, 6) is 1.88. The molecule has 1 aliphatic heterocycles. The van der Waals surface area contributed by atoms with Gasteiger partial charge in [0.2, 0.25) is 5.88 Å². The van der Waals surface area contributed by atoms with Crippen LogP contribution in [0.15, 0.2) is 73.2 Å². The van der Waals surface area contributed by atoms with Gasteiger partial charge in [0, 0.05) is 49.9 Å². The van der Waals surface area contributed by atoms with E-state index in [4.69, 9.17) is 4.74 Å². The molecule has 1 saturated heterocycles. The van der Waals surface area contributed by atoms with Gasteiger partial charge in [-0.25, -0.2) is 14.4 Å². The summed E-state index contributed by atoms with van der Waals surface area (Å²) in [5, 5.41) is 0.943. The molecule has 2 aromatic heterocycles. The maximum absolute atomic E-state index is 13.2. The molecule has 1 atom stereocenters. The fourth-order valence-corrected chi connectivity index (χ4v) is 4.13. The van der Waals surface area contributed by atoms with Crippen molar-refractivity contribution in [2.24, 2.45) is 0 Å². The Morgan fingerprint density at radius 3 is 2.53 bits per heavy atom. The lowest BCUT2D eigenvalue weighted by Crippen LogP contribution is -2.47. The van der Waals surface area contributed by atoms with Gasteiger partial charge >= 0.3 is 0 Å². The van der Waals surface area contributed by atoms with Gasteiger partial charge in [-0.2, -0.15) is 0 Å². The molecule has 7 heteroatoms. The van der Waals surface area contributed by atoms with E-state index in [1.807, 2.05) is 48.5 Å². The molecule has 0 amide bonds. The predicted octanol–water partition coefficient (Wildman–Crippen LogP) is 4.84. The molecule has 0 bridgehead atoms. The number of piperazine rings is 1. The van der Waals surface area contributed by atoms with Crippen LogP contribution in [0.1, 0.15) is 18.5 Å². The molecule has 6 nitrogen and oxygen atoms in total. The number of pyridine rings is 1. The first-order chi connectivity index (χ1) is 15.7. The third-order valence-corrected chi connectivity index (χ3v) is 5.99. The van der Waals surface area contributed by atoms with Crippen LogP contribution in [0.4, 0.5) is 10.2 Å². The molecule has 0 aliphatic carbocycles. The fourth-order valence-electron chi connectivity index (χ4n) is 4.13. The first-order valence-electron chi connectivity index (χ1n) is 10.8. The standard InChI is InChI=1S/C25H24FN5O/c1-18(19-7-9-20(26)10-8-19)30-12-14-31(15-13-30)24-16-25(29-17-28-24)32-23-6-2-5-22-21(23)4-3-11-27-22/h2-11,16-18H,12-15H2,1H3. The average molecular weight is 429 g/mol. The minimum atomic E-state index is -0.202. The number of nitrogens with zero attached hydrogens (tertiary/aromatic N) is 5. The van der Waals surface area contributed by atoms with Crippen LogP contribution in [0.2, 0.25) is 0 Å². The molecule has 0 saturated carbocycles. The van der Waals surface area contributed by atoms with E-state index in [1.54, 1.807) is 12.5 Å². The normalized spacial score (nSPS) is 15.6. The molecule has 4 aromatic rings. The number of halogens is 1. The molecule has 2 aromatic carbocycles. The molecule has 0 N–H and O–H groups in total. The highest BCUT2D eigenvalue weighted by Gasteiger charge is 2.23. The highest BCUT2D eigenvalue weighted by molar-refractivity contribution is 5.85. The number of benzene rings is 2. The first kappa shape index (κ1) is 20.3. The molecule has 3 heterocycles. The highest BCUT2D eigenvalue weighted by atomic mass is 19.1. The summed E-state index contributed by atoms with van der Waals surface area (Å²) in [6, 6.07) is 18.6. The monoisotopic (exact) mass is 429 g/mol. The van der Waals surface area contributed by atoms with Crippen LogP contribution >= 0.6 is 0 Å². The van der Waals surface area contributed by atoms with Gasteiger partial charge in [0.05, 0.1) is 5.52 Å². The van der Waals surface area contributed by atoms with Crippen molar-refractivity contribution in [2.45, 2.75) is 13.0 Å². The van der Waals surface area contributed by atoms with Crippen molar-refractivity contribution >= 4 is 16.7 Å². The van der Waals surface area contributed by atoms with E-state index in [1.165, 1.54) is 12.1 Å². The number of ether oxygens (including phenoxy) is 1. The van der Waals surface area contributed by atoms with E-state index in [0.717, 1.165) is 54.2 Å². The van der Waals surface area contributed by atoms with Crippen molar-refractivity contribution in [1.82, 2.24) is 19.9 Å². The molecule has 5 rings (SSSR count). The van der Waals surface area contributed by atoms with E-state index < -0.39 is 0 Å². The van der Waals surface area contributed by atoms with Crippen LogP contribution in [-0.4, -0.2) is 46.0 Å². The molecule has 162 valence electrons. The molecular formula is C25H24FN5O. The minimum Gasteiger partial charge on any atom is -0.438 e. The van der Waals surface area contributed by atoms with Gasteiger partial charge in [0.15, 0.2) is 0 Å². The first-order valence-corrected chi connectivity index (χ1v) is 10.8. The lowest BCUT2D eigenvalue weighted by atomic mass is 10.1. The Balaban J connectivity index is 1.27. The van der Waals surface area contributed by atoms with E-state index in [-0.39, 0.29) is 11.9 Å². The largest absolute Gasteiger partial charge is 0.438 e. The predicted molar refractivity (Wildman–Crippen MR) is 122 cm³/mol. The summed E-state index contributed by atoms with van der Waals surface area (Å²) in [6.07, 6.45) is 3.31. The van der Waals surface area contributed by atoms with E-state index in [2.05, 4.69) is 31.7 Å². The van der Waals surface area contributed by atoms with Gasteiger partial charge in [0.25, 0.3) is 0 Å². The van der Waals surface area contributed by atoms with E-state index >= 15 is 0 Å². The number of hydrogen-bond acceptors (Lipinski definition) is 6. The second kappa shape index (κ2) is 8.88. The lowest BCUT2D eigenvalue weighted by Gasteiger charge is -2.38. The van der Waals surface area contributed by atoms with Crippen molar-refractivity contribution in [3.8, 4) is 11.6 Å². The lowest BCUT2D eigenvalue weighted by molar-refractivity contribution is 0.198. The summed E-state index contributed by atoms with van der Waals surface area (Å²) in [7, 11) is 0. The highest BCUT2D eigenvalue weighted by Crippen LogP contribution is 2.29. The maximum Gasteiger partial charge on any atom is 0.224 e. The van der Waals surface area contributed by atoms with Crippen molar-refractivity contribution in [1.29, 1.82) is 0 Å². The SMILES string of the molecule is CC(c1ccc(F)cc1)N1CCN(c2cc(Oc3cccc4ncccc34)ncn2)CC1. The van der Waals surface area contributed by atoms with Gasteiger partial charge in [-0.15, -0.1) is 0 Å². The molecule has 0 radical (unpaired) electrons. The second-order valence-corrected chi connectivity index (χ2v) is 7.89. The Morgan fingerprint density at radius 1 is 0.906 bits per heavy atom. The molecular weight excluding hydrogens is 405 g/mol. The van der Waals surface area contributed by atoms with Crippen LogP contribution < -0.4 is 9.64 Å². The van der Waals surface area contributed by atoms with Crippen LogP contribution in [0, 0.1) is 5.82 Å². The Hall–Kier alpha value is -3.58. The van der Waals surface area contributed by atoms with Crippen molar-refractivity contribution < 1.29 is 9.13 Å². The van der Waals surface area contributed by atoms with Crippen molar-refractivity contribution in [3.63, 3.8) is 0 Å². The molecule has 32 heavy (non-hydrogen) atoms. The van der Waals surface area contributed by atoms with Gasteiger partial charge in [-0.1, -0.05) is 18.2 Å². The topological polar surface area (TPSA) is 54.4 Å².